The summed E-state index contributed by atoms with van der Waals surface area (Å²) in [7, 11) is -9.21. The fraction of sp³-hybridized carbons (Fsp3) is 0.357. The van der Waals surface area contributed by atoms with E-state index in [1.165, 1.54) is 77.0 Å². The van der Waals surface area contributed by atoms with Gasteiger partial charge in [-0.15, -0.1) is 22.6 Å². The first-order valence-electron chi connectivity index (χ1n) is 21.7. The van der Waals surface area contributed by atoms with Crippen molar-refractivity contribution in [2.45, 2.75) is 54.7 Å². The second-order valence-corrected chi connectivity index (χ2v) is 19.7. The van der Waals surface area contributed by atoms with Crippen LogP contribution in [0.5, 0.6) is 0 Å². The quantitative estimate of drug-likeness (QED) is 0.155. The molecule has 1 amide bonds. The molecular weight excluding hydrogens is 1140 g/mol. The number of ether oxygens (including phenoxy) is 2. The number of carboxylic acids is 1. The van der Waals surface area contributed by atoms with Gasteiger partial charge in [-0.1, -0.05) is 36.4 Å². The zero-order valence-corrected chi connectivity index (χ0v) is 42.2. The van der Waals surface area contributed by atoms with Crippen LogP contribution < -0.4 is 26.4 Å². The number of carboxylic acid groups (broad SMARTS) is 1. The predicted molar refractivity (Wildman–Crippen MR) is 255 cm³/mol. The van der Waals surface area contributed by atoms with Gasteiger partial charge in [-0.2, -0.15) is 69.5 Å². The molecule has 2 aromatic heterocycles. The zero-order chi connectivity index (χ0) is 57.1. The number of carbonyl (C=O) groups is 2. The Morgan fingerprint density at radius 3 is 1.68 bits per heavy atom. The van der Waals surface area contributed by atoms with Crippen LogP contribution in [0, 0.1) is 0 Å². The number of hydrogen-bond donors (Lipinski definition) is 4. The number of carbonyl (C=O) groups excluding carboxylic acids is 1. The number of rotatable bonds is 9. The molecule has 0 radical (unpaired) electrons. The maximum absolute atomic E-state index is 13.5. The summed E-state index contributed by atoms with van der Waals surface area (Å²) in [6, 6.07) is 12.0. The summed E-state index contributed by atoms with van der Waals surface area (Å²) in [6.07, 6.45) is -2.94. The summed E-state index contributed by atoms with van der Waals surface area (Å²) in [5.41, 5.74) is -5.20. The average Bonchev–Trinajstić information content (AvgIpc) is 3.99. The Morgan fingerprint density at radius 2 is 1.24 bits per heavy atom. The number of imidazole rings is 1. The van der Waals surface area contributed by atoms with Crippen LogP contribution in [0.4, 0.5) is 64.1 Å². The van der Waals surface area contributed by atoms with Gasteiger partial charge in [-0.25, -0.2) is 18.4 Å². The van der Waals surface area contributed by atoms with Gasteiger partial charge in [0.2, 0.25) is 0 Å². The molecule has 428 valence electrons. The number of halogens is 13. The number of nitrogens with one attached hydrogen (secondary N) is 2. The van der Waals surface area contributed by atoms with Crippen molar-refractivity contribution in [3.8, 4) is 0 Å². The van der Waals surface area contributed by atoms with Gasteiger partial charge < -0.3 is 30.5 Å². The Bertz CT molecular complexity index is 3140. The van der Waals surface area contributed by atoms with Crippen LogP contribution >= 0.6 is 12.4 Å². The first-order chi connectivity index (χ1) is 35.8. The minimum atomic E-state index is -5.70. The Kier molecular flexibility index (Phi) is 18.8. The number of benzene rings is 2. The van der Waals surface area contributed by atoms with Crippen molar-refractivity contribution >= 4 is 73.4 Å². The van der Waals surface area contributed by atoms with Crippen LogP contribution in [0.2, 0.25) is 0 Å². The Labute approximate surface area is 440 Å². The van der Waals surface area contributed by atoms with Gasteiger partial charge >= 0.3 is 61.4 Å². The summed E-state index contributed by atoms with van der Waals surface area (Å²) in [5.74, 6) is -2.49. The number of hydrogen-bond acceptors (Lipinski definition) is 16. The molecule has 0 aliphatic carbocycles. The third kappa shape index (κ3) is 13.4. The molecule has 2 aromatic carbocycles. The van der Waals surface area contributed by atoms with Crippen LogP contribution in [0.15, 0.2) is 108 Å². The molecule has 4 aromatic rings. The molecule has 36 heteroatoms. The second kappa shape index (κ2) is 23.8. The number of sulfonamides is 2. The van der Waals surface area contributed by atoms with E-state index in [-0.39, 0.29) is 46.3 Å². The predicted octanol–water partition coefficient (Wildman–Crippen LogP) is 5.31. The lowest BCUT2D eigenvalue weighted by molar-refractivity contribution is -0.169. The number of hydrazone groups is 2. The molecule has 1 fully saturated rings. The van der Waals surface area contributed by atoms with Crippen molar-refractivity contribution < 1.29 is 93.7 Å². The molecule has 78 heavy (non-hydrogen) atoms. The summed E-state index contributed by atoms with van der Waals surface area (Å²) in [6.45, 7) is -1.11. The van der Waals surface area contributed by atoms with Gasteiger partial charge in [0.15, 0.2) is 11.7 Å². The molecule has 4 aliphatic rings. The number of alkyl halides is 12. The summed E-state index contributed by atoms with van der Waals surface area (Å²) in [5, 5.41) is 23.7. The minimum Gasteiger partial charge on any atom is -0.480 e. The van der Waals surface area contributed by atoms with Crippen molar-refractivity contribution in [3.05, 3.63) is 120 Å². The Balaban J connectivity index is 0.000000237. The van der Waals surface area contributed by atoms with Gasteiger partial charge in [0.25, 0.3) is 5.91 Å². The number of methoxy groups -OCH3 is 2. The highest BCUT2D eigenvalue weighted by Gasteiger charge is 2.56. The normalized spacial score (nSPS) is 18.9. The van der Waals surface area contributed by atoms with Crippen molar-refractivity contribution in [2.75, 3.05) is 50.4 Å². The van der Waals surface area contributed by atoms with Crippen LogP contribution in [0.1, 0.15) is 27.3 Å². The Hall–Kier alpha value is -7.24. The van der Waals surface area contributed by atoms with E-state index < -0.39 is 110 Å². The number of amides is 1. The third-order valence-electron chi connectivity index (χ3n) is 11.1. The fourth-order valence-electron chi connectivity index (χ4n) is 7.50. The number of allylic oxidation sites excluding steroid dienone is 2. The minimum absolute atomic E-state index is 0. The second-order valence-electron chi connectivity index (χ2n) is 16.0. The zero-order valence-electron chi connectivity index (χ0n) is 39.8. The van der Waals surface area contributed by atoms with Gasteiger partial charge in [0.1, 0.15) is 17.4 Å². The van der Waals surface area contributed by atoms with Crippen molar-refractivity contribution in [2.24, 2.45) is 15.9 Å². The van der Waals surface area contributed by atoms with Gasteiger partial charge in [0.05, 0.1) is 57.9 Å². The van der Waals surface area contributed by atoms with E-state index in [0.29, 0.717) is 23.5 Å². The third-order valence-corrected chi connectivity index (χ3v) is 14.2. The van der Waals surface area contributed by atoms with Crippen molar-refractivity contribution in [1.29, 1.82) is 0 Å². The van der Waals surface area contributed by atoms with Crippen molar-refractivity contribution in [1.82, 2.24) is 33.5 Å². The van der Waals surface area contributed by atoms with Crippen LogP contribution in [0.3, 0.4) is 0 Å². The topological polar surface area (TPSA) is 249 Å². The number of aromatic nitrogens is 2. The van der Waals surface area contributed by atoms with E-state index in [2.05, 4.69) is 25.8 Å². The van der Waals surface area contributed by atoms with Crippen LogP contribution in [0.25, 0.3) is 5.65 Å². The van der Waals surface area contributed by atoms with E-state index in [1.54, 1.807) is 30.3 Å². The maximum Gasteiger partial charge on any atom is 0.516 e. The number of pyridine rings is 1. The summed E-state index contributed by atoms with van der Waals surface area (Å²) >= 11 is 0. The van der Waals surface area contributed by atoms with E-state index in [1.807, 2.05) is 0 Å². The molecule has 5 N–H and O–H groups in total. The molecular formula is C42H43ClF12N12O9S2. The van der Waals surface area contributed by atoms with E-state index in [0.717, 1.165) is 29.1 Å². The molecule has 1 saturated heterocycles. The molecule has 21 nitrogen and oxygen atoms in total. The van der Waals surface area contributed by atoms with Gasteiger partial charge in [-0.05, 0) is 59.7 Å². The summed E-state index contributed by atoms with van der Waals surface area (Å²) < 4.78 is 212. The number of nitrogens with two attached hydrogens (primary N) is 1. The fourth-order valence-corrected chi connectivity index (χ4v) is 9.28. The first-order valence-corrected chi connectivity index (χ1v) is 24.6. The number of anilines is 2. The standard InChI is InChI=1S/C21H18F6N6O4S.C12H15F3N4O3S.C9H9F3N2O2.ClH/c1-37-19-30-32(10-11-33(19)38(35,36)21(25,26)27)14-7-5-13(6-8-14)12-28-18(34)16-17(20(22,23)24)29-15-4-2-3-9-31(15)16;1-22-11-17-18(10-4-2-9(8-16)3-5-10)6-7-19(11)23(20,21)12(13,14)15;10-9(11,12)7-6(8(15)16)14-4-2-1-3-5(14)13-7;/h2-9H,10-12H2,1H3,(H,28,34);2-5H,6-8,16H2,1H3;1-7,13H,(H,15,16);1H. The lowest BCUT2D eigenvalue weighted by atomic mass is 10.1. The highest BCUT2D eigenvalue weighted by atomic mass is 35.5. The number of nitrogens with zero attached hydrogens (tertiary/aromatic N) is 9. The number of fused-ring (bicyclic) bond motifs is 2. The molecule has 4 aliphatic heterocycles. The Morgan fingerprint density at radius 1 is 0.744 bits per heavy atom. The van der Waals surface area contributed by atoms with Crippen LogP contribution in [-0.4, -0.2) is 145 Å². The lowest BCUT2D eigenvalue weighted by Crippen LogP contribution is -2.51. The van der Waals surface area contributed by atoms with E-state index in [9.17, 15) is 79.1 Å². The number of aliphatic carboxylic acids is 1. The lowest BCUT2D eigenvalue weighted by Gasteiger charge is -2.32. The monoisotopic (exact) mass is 1190 g/mol. The largest absolute Gasteiger partial charge is 0.516 e. The first kappa shape index (κ1) is 61.6. The van der Waals surface area contributed by atoms with Gasteiger partial charge in [-0.3, -0.25) is 24.5 Å². The molecule has 3 unspecified atom stereocenters. The van der Waals surface area contributed by atoms with Crippen molar-refractivity contribution in [3.63, 3.8) is 0 Å². The average molecular weight is 1190 g/mol. The summed E-state index contributed by atoms with van der Waals surface area (Å²) in [4.78, 5) is 28.2. The maximum atomic E-state index is 13.5. The molecule has 6 heterocycles. The molecule has 0 saturated carbocycles. The highest BCUT2D eigenvalue weighted by molar-refractivity contribution is 7.90. The SMILES string of the molecule is COC1=NN(c2ccc(CN)cc2)CCN1S(=O)(=O)C(F)(F)F.COC1=NN(c2ccc(CNC(=O)c3c(C(F)(F)F)nc4ccccn34)cc2)CCN1S(=O)(=O)C(F)(F)F.Cl.O=C(O)C1C(C(F)(F)F)NC2C=CC=CN21. The molecule has 0 bridgehead atoms. The smallest absolute Gasteiger partial charge is 0.480 e. The van der Waals surface area contributed by atoms with E-state index in [4.69, 9.17) is 20.3 Å². The molecule has 0 spiro atoms. The number of amidine groups is 2. The highest BCUT2D eigenvalue weighted by Crippen LogP contribution is 2.35. The van der Waals surface area contributed by atoms with Gasteiger partial charge in [0, 0.05) is 25.5 Å². The molecule has 8 rings (SSSR count). The van der Waals surface area contributed by atoms with E-state index >= 15 is 0 Å². The van der Waals surface area contributed by atoms with Crippen LogP contribution in [-0.2, 0) is 53.6 Å². The molecule has 3 atom stereocenters.